The monoisotopic (exact) mass is 616 g/mol. The predicted molar refractivity (Wildman–Crippen MR) is 200 cm³/mol. The highest BCUT2D eigenvalue weighted by atomic mass is 16.3. The fraction of sp³-hybridized carbons (Fsp3) is 0. The predicted octanol–water partition coefficient (Wildman–Crippen LogP) is 13.2. The fourth-order valence-corrected chi connectivity index (χ4v) is 6.33. The Bertz CT molecular complexity index is 3900. The smallest absolute Gasteiger partial charge is 0.143 e. The first-order valence-corrected chi connectivity index (χ1v) is 14.6. The first-order chi connectivity index (χ1) is 31.7. The van der Waals surface area contributed by atoms with Gasteiger partial charge in [0.1, 0.15) is 11.2 Å². The third-order valence-electron chi connectivity index (χ3n) is 8.31. The minimum Gasteiger partial charge on any atom is -0.455 e. The fourth-order valence-electron chi connectivity index (χ4n) is 6.33. The van der Waals surface area contributed by atoms with E-state index in [4.69, 9.17) is 23.6 Å². The van der Waals surface area contributed by atoms with Crippen molar-refractivity contribution in [1.29, 1.82) is 0 Å². The number of furan rings is 1. The van der Waals surface area contributed by atoms with Crippen LogP contribution in [0.15, 0.2) is 174 Å². The SMILES string of the molecule is [2H]c1c([2H])c([2H])c(-c2c([2H])c(-c3c4ccccc4c(-c4c([2H])c([2H])c5oc6c7c([2H])c([2H])c([2H])c([2H])c7c([2H])c([2H])c6c5c4[2H])c4ccccc34)c3c([2H])c([2H])c([2H])c([2H])c3c2[2H])c([2H])c1[2H]. The number of fused-ring (bicyclic) bond motifs is 8. The van der Waals surface area contributed by atoms with Gasteiger partial charge in [0, 0.05) is 16.2 Å². The lowest BCUT2D eigenvalue weighted by molar-refractivity contribution is 0.672. The molecule has 0 N–H and O–H groups in total. The summed E-state index contributed by atoms with van der Waals surface area (Å²) in [4.78, 5) is 0. The van der Waals surface area contributed by atoms with Crippen molar-refractivity contribution in [3.63, 3.8) is 0 Å². The van der Waals surface area contributed by atoms with E-state index in [1.807, 2.05) is 0 Å². The second kappa shape index (κ2) is 10.2. The molecule has 0 bridgehead atoms. The highest BCUT2D eigenvalue weighted by molar-refractivity contribution is 6.24. The summed E-state index contributed by atoms with van der Waals surface area (Å²) in [6.45, 7) is 0. The maximum absolute atomic E-state index is 9.90. The molecule has 10 rings (SSSR count). The summed E-state index contributed by atoms with van der Waals surface area (Å²) in [5.41, 5.74) is -1.57. The largest absolute Gasteiger partial charge is 0.455 e. The van der Waals surface area contributed by atoms with E-state index in [2.05, 4.69) is 0 Å². The first-order valence-electron chi connectivity index (χ1n) is 24.6. The van der Waals surface area contributed by atoms with Crippen molar-refractivity contribution in [2.45, 2.75) is 0 Å². The van der Waals surface area contributed by atoms with Crippen molar-refractivity contribution in [3.8, 4) is 33.4 Å². The Balaban J connectivity index is 1.42. The molecule has 1 aromatic heterocycles. The lowest BCUT2D eigenvalue weighted by atomic mass is 9.83. The van der Waals surface area contributed by atoms with Crippen LogP contribution in [0.1, 0.15) is 27.4 Å². The topological polar surface area (TPSA) is 13.1 Å². The van der Waals surface area contributed by atoms with E-state index >= 15 is 0 Å². The van der Waals surface area contributed by atoms with Gasteiger partial charge in [0.05, 0.1) is 27.4 Å². The summed E-state index contributed by atoms with van der Waals surface area (Å²) in [5.74, 6) is 0. The Hall–Kier alpha value is -6.18. The van der Waals surface area contributed by atoms with Crippen LogP contribution in [-0.2, 0) is 0 Å². The first kappa shape index (κ1) is 13.3. The van der Waals surface area contributed by atoms with Crippen LogP contribution in [0.4, 0.5) is 0 Å². The number of hydrogen-bond donors (Lipinski definition) is 0. The lowest BCUT2D eigenvalue weighted by Crippen LogP contribution is -1.92. The van der Waals surface area contributed by atoms with Gasteiger partial charge in [-0.1, -0.05) is 139 Å². The van der Waals surface area contributed by atoms with Gasteiger partial charge in [-0.3, -0.25) is 0 Å². The molecule has 0 radical (unpaired) electrons. The van der Waals surface area contributed by atoms with Crippen LogP contribution in [0.5, 0.6) is 0 Å². The molecule has 0 aliphatic rings. The van der Waals surface area contributed by atoms with Crippen LogP contribution >= 0.6 is 0 Å². The van der Waals surface area contributed by atoms with Crippen LogP contribution in [-0.4, -0.2) is 0 Å². The van der Waals surface area contributed by atoms with E-state index in [1.54, 1.807) is 48.5 Å². The van der Waals surface area contributed by atoms with Gasteiger partial charge in [-0.15, -0.1) is 0 Å². The number of benzene rings is 9. The zero-order valence-corrected chi connectivity index (χ0v) is 24.0. The molecule has 0 spiro atoms. The highest BCUT2D eigenvalue weighted by Gasteiger charge is 2.20. The average molecular weight is 617 g/mol. The zero-order valence-electron chi connectivity index (χ0n) is 44.0. The maximum atomic E-state index is 9.90. The molecule has 0 saturated carbocycles. The summed E-state index contributed by atoms with van der Waals surface area (Å²) < 4.78 is 184. The lowest BCUT2D eigenvalue weighted by Gasteiger charge is -2.19. The summed E-state index contributed by atoms with van der Waals surface area (Å²) >= 11 is 0. The summed E-state index contributed by atoms with van der Waals surface area (Å²) in [7, 11) is 0. The second-order valence-corrected chi connectivity index (χ2v) is 10.9. The summed E-state index contributed by atoms with van der Waals surface area (Å²) in [5, 5.41) is -0.369. The van der Waals surface area contributed by atoms with Crippen molar-refractivity contribution in [3.05, 3.63) is 169 Å². The number of hydrogen-bond acceptors (Lipinski definition) is 1. The highest BCUT2D eigenvalue weighted by Crippen LogP contribution is 2.47. The molecule has 47 heavy (non-hydrogen) atoms. The summed E-state index contributed by atoms with van der Waals surface area (Å²) in [6.07, 6.45) is 0. The Morgan fingerprint density at radius 2 is 1.02 bits per heavy atom. The van der Waals surface area contributed by atoms with Gasteiger partial charge in [-0.25, -0.2) is 0 Å². The Labute approximate surface area is 300 Å². The van der Waals surface area contributed by atoms with E-state index in [9.17, 15) is 8.22 Å². The third-order valence-corrected chi connectivity index (χ3v) is 8.31. The molecule has 0 atom stereocenters. The molecular weight excluding hydrogens is 569 g/mol. The molecule has 0 amide bonds. The van der Waals surface area contributed by atoms with Gasteiger partial charge in [0.25, 0.3) is 0 Å². The molecule has 9 aromatic carbocycles. The molecule has 0 saturated heterocycles. The molecular formula is C46H28O. The van der Waals surface area contributed by atoms with E-state index in [0.29, 0.717) is 10.8 Å². The van der Waals surface area contributed by atoms with Gasteiger partial charge >= 0.3 is 0 Å². The molecule has 10 aromatic rings. The van der Waals surface area contributed by atoms with E-state index in [1.165, 1.54) is 0 Å². The number of rotatable bonds is 3. The van der Waals surface area contributed by atoms with Crippen LogP contribution in [0, 0.1) is 0 Å². The van der Waals surface area contributed by atoms with Crippen LogP contribution in [0.3, 0.4) is 0 Å². The van der Waals surface area contributed by atoms with E-state index in [0.717, 1.165) is 0 Å². The van der Waals surface area contributed by atoms with Crippen molar-refractivity contribution in [2.24, 2.45) is 0 Å². The third kappa shape index (κ3) is 3.97. The van der Waals surface area contributed by atoms with Gasteiger partial charge in [-0.05, 0) is 101 Å². The Morgan fingerprint density at radius 3 is 1.77 bits per heavy atom. The zero-order chi connectivity index (χ0) is 48.3. The standard InChI is InChI=1S/C46H28O/c1-2-12-29(13-3-1)33-26-31-15-5-6-16-34(31)42(28-33)45-38-20-10-8-18-36(38)44(37-19-9-11-21-39(37)45)32-23-25-43-41(27-32)40-24-22-30-14-4-7-17-35(30)46(40)47-43/h1-28H/i1D,2D,3D,4D,5D,6D,7D,12D,13D,14D,15D,16D,17D,22D,23D,24D,25D,26D,27D,28D. The molecule has 0 aliphatic carbocycles. The van der Waals surface area contributed by atoms with Crippen LogP contribution in [0.25, 0.3) is 98.4 Å². The second-order valence-electron chi connectivity index (χ2n) is 10.9. The van der Waals surface area contributed by atoms with Gasteiger partial charge in [-0.2, -0.15) is 0 Å². The van der Waals surface area contributed by atoms with Crippen LogP contribution in [0.2, 0.25) is 0 Å². The van der Waals surface area contributed by atoms with Gasteiger partial charge < -0.3 is 4.42 Å². The summed E-state index contributed by atoms with van der Waals surface area (Å²) in [6, 6.07) is 0.433. The minimum absolute atomic E-state index is 0.140. The van der Waals surface area contributed by atoms with Crippen molar-refractivity contribution in [1.82, 2.24) is 0 Å². The Morgan fingerprint density at radius 1 is 0.383 bits per heavy atom. The van der Waals surface area contributed by atoms with E-state index in [-0.39, 0.29) is 76.5 Å². The molecule has 1 heterocycles. The van der Waals surface area contributed by atoms with Crippen molar-refractivity contribution < 1.29 is 31.8 Å². The van der Waals surface area contributed by atoms with Crippen molar-refractivity contribution in [2.75, 3.05) is 0 Å². The molecule has 1 heteroatoms. The molecule has 0 unspecified atom stereocenters. The van der Waals surface area contributed by atoms with Gasteiger partial charge in [0.15, 0.2) is 0 Å². The molecule has 218 valence electrons. The van der Waals surface area contributed by atoms with Crippen molar-refractivity contribution >= 4 is 65.0 Å². The maximum Gasteiger partial charge on any atom is 0.143 e. The van der Waals surface area contributed by atoms with Crippen LogP contribution < -0.4 is 0 Å². The molecule has 0 aliphatic heterocycles. The average Bonchev–Trinajstić information content (AvgIpc) is 3.72. The minimum atomic E-state index is -0.755. The van der Waals surface area contributed by atoms with E-state index < -0.39 is 132 Å². The molecule has 0 fully saturated rings. The normalized spacial score (nSPS) is 17.8. The van der Waals surface area contributed by atoms with Gasteiger partial charge in [0.2, 0.25) is 0 Å². The quantitative estimate of drug-likeness (QED) is 0.180. The Kier molecular flexibility index (Phi) is 2.87. The molecule has 1 nitrogen and oxygen atoms in total.